The van der Waals surface area contributed by atoms with Gasteiger partial charge < -0.3 is 10.2 Å². The summed E-state index contributed by atoms with van der Waals surface area (Å²) < 4.78 is 0. The molecule has 0 aromatic carbocycles. The number of hydrogen-bond acceptors (Lipinski definition) is 6. The first-order chi connectivity index (χ1) is 9.61. The van der Waals surface area contributed by atoms with Gasteiger partial charge in [0.05, 0.1) is 4.92 Å². The predicted molar refractivity (Wildman–Crippen MR) is 74.5 cm³/mol. The summed E-state index contributed by atoms with van der Waals surface area (Å²) in [6.07, 6.45) is 4.68. The molecule has 2 rings (SSSR count). The van der Waals surface area contributed by atoms with Crippen molar-refractivity contribution in [3.63, 3.8) is 0 Å². The molecule has 0 aliphatic carbocycles. The summed E-state index contributed by atoms with van der Waals surface area (Å²) in [6, 6.07) is 3.62. The van der Waals surface area contributed by atoms with Gasteiger partial charge in [0.1, 0.15) is 23.6 Å². The summed E-state index contributed by atoms with van der Waals surface area (Å²) in [4.78, 5) is 16.1. The van der Waals surface area contributed by atoms with Crippen molar-refractivity contribution in [3.8, 4) is 6.07 Å². The number of nitriles is 1. The van der Waals surface area contributed by atoms with Gasteiger partial charge >= 0.3 is 0 Å². The summed E-state index contributed by atoms with van der Waals surface area (Å²) in [5.41, 5.74) is 0.0759. The van der Waals surface area contributed by atoms with E-state index in [2.05, 4.69) is 10.3 Å². The fourth-order valence-corrected chi connectivity index (χ4v) is 2.43. The van der Waals surface area contributed by atoms with Gasteiger partial charge in [-0.25, -0.2) is 4.98 Å². The molecule has 1 aliphatic heterocycles. The molecule has 0 radical (unpaired) electrons. The van der Waals surface area contributed by atoms with Crippen molar-refractivity contribution < 1.29 is 4.92 Å². The Morgan fingerprint density at radius 1 is 1.65 bits per heavy atom. The number of aromatic nitrogens is 1. The number of likely N-dealkylation sites (N-methyl/N-ethyl adjacent to an activating group) is 1. The van der Waals surface area contributed by atoms with Crippen LogP contribution >= 0.6 is 0 Å². The van der Waals surface area contributed by atoms with E-state index in [0.29, 0.717) is 11.9 Å². The van der Waals surface area contributed by atoms with E-state index in [1.807, 2.05) is 18.0 Å². The van der Waals surface area contributed by atoms with Gasteiger partial charge in [-0.1, -0.05) is 6.42 Å². The highest BCUT2D eigenvalue weighted by Gasteiger charge is 2.19. The highest BCUT2D eigenvalue weighted by atomic mass is 16.6. The van der Waals surface area contributed by atoms with E-state index in [-0.39, 0.29) is 11.3 Å². The minimum Gasteiger partial charge on any atom is -0.357 e. The largest absolute Gasteiger partial charge is 0.357 e. The van der Waals surface area contributed by atoms with Crippen molar-refractivity contribution in [2.24, 2.45) is 0 Å². The summed E-state index contributed by atoms with van der Waals surface area (Å²) in [5, 5.41) is 23.3. The number of nitro groups is 1. The number of nitrogens with zero attached hydrogens (tertiary/aromatic N) is 4. The molecule has 1 unspecified atom stereocenters. The monoisotopic (exact) mass is 275 g/mol. The third-order valence-corrected chi connectivity index (χ3v) is 3.45. The Balaban J connectivity index is 2.14. The second kappa shape index (κ2) is 6.30. The molecule has 106 valence electrons. The zero-order valence-corrected chi connectivity index (χ0v) is 11.4. The molecule has 2 heterocycles. The van der Waals surface area contributed by atoms with E-state index in [4.69, 9.17) is 5.26 Å². The molecule has 1 N–H and O–H groups in total. The summed E-state index contributed by atoms with van der Waals surface area (Å²) in [7, 11) is 1.85. The summed E-state index contributed by atoms with van der Waals surface area (Å²) >= 11 is 0. The molecule has 1 aromatic heterocycles. The molecule has 0 spiro atoms. The molecular formula is C13H17N5O2. The maximum absolute atomic E-state index is 10.7. The first-order valence-electron chi connectivity index (χ1n) is 6.61. The van der Waals surface area contributed by atoms with Gasteiger partial charge in [0.2, 0.25) is 0 Å². The van der Waals surface area contributed by atoms with Crippen LogP contribution in [0.2, 0.25) is 0 Å². The number of hydrogen-bond donors (Lipinski definition) is 1. The Morgan fingerprint density at radius 2 is 2.45 bits per heavy atom. The maximum atomic E-state index is 10.7. The van der Waals surface area contributed by atoms with Crippen LogP contribution in [0.4, 0.5) is 11.5 Å². The Hall–Kier alpha value is -2.20. The molecular weight excluding hydrogens is 258 g/mol. The Labute approximate surface area is 117 Å². The molecule has 20 heavy (non-hydrogen) atoms. The zero-order chi connectivity index (χ0) is 14.5. The van der Waals surface area contributed by atoms with Crippen molar-refractivity contribution in [1.29, 1.82) is 5.26 Å². The van der Waals surface area contributed by atoms with Gasteiger partial charge in [-0.3, -0.25) is 10.1 Å². The van der Waals surface area contributed by atoms with Crippen LogP contribution in [-0.2, 0) is 0 Å². The average molecular weight is 275 g/mol. The van der Waals surface area contributed by atoms with Crippen LogP contribution in [0.5, 0.6) is 0 Å². The predicted octanol–water partition coefficient (Wildman–Crippen LogP) is 1.44. The van der Waals surface area contributed by atoms with Gasteiger partial charge in [-0.05, 0) is 19.4 Å². The lowest BCUT2D eigenvalue weighted by molar-refractivity contribution is -0.385. The molecule has 1 aliphatic rings. The number of pyridine rings is 1. The molecule has 1 fully saturated rings. The van der Waals surface area contributed by atoms with Gasteiger partial charge in [-0.15, -0.1) is 0 Å². The second-order valence-corrected chi connectivity index (χ2v) is 4.96. The van der Waals surface area contributed by atoms with Crippen LogP contribution in [0.15, 0.2) is 12.3 Å². The number of anilines is 1. The van der Waals surface area contributed by atoms with E-state index < -0.39 is 4.92 Å². The minimum absolute atomic E-state index is 0.158. The maximum Gasteiger partial charge on any atom is 0.289 e. The number of nitrogens with one attached hydrogen (secondary N) is 1. The first kappa shape index (κ1) is 14.2. The molecule has 0 bridgehead atoms. The zero-order valence-electron chi connectivity index (χ0n) is 11.4. The normalized spacial score (nSPS) is 18.3. The molecule has 0 saturated carbocycles. The van der Waals surface area contributed by atoms with E-state index in [1.54, 1.807) is 0 Å². The number of rotatable bonds is 4. The SMILES string of the molecule is CN(CC1CCCCN1)c1ncc([N+](=O)[O-])cc1C#N. The smallest absolute Gasteiger partial charge is 0.289 e. The quantitative estimate of drug-likeness (QED) is 0.660. The molecule has 7 heteroatoms. The third-order valence-electron chi connectivity index (χ3n) is 3.45. The lowest BCUT2D eigenvalue weighted by atomic mass is 10.0. The Kier molecular flexibility index (Phi) is 4.48. The lowest BCUT2D eigenvalue weighted by Crippen LogP contribution is -2.42. The third kappa shape index (κ3) is 3.22. The van der Waals surface area contributed by atoms with Crippen molar-refractivity contribution in [1.82, 2.24) is 10.3 Å². The lowest BCUT2D eigenvalue weighted by Gasteiger charge is -2.29. The van der Waals surface area contributed by atoms with Crippen molar-refractivity contribution in [3.05, 3.63) is 27.9 Å². The van der Waals surface area contributed by atoms with Crippen molar-refractivity contribution in [2.75, 3.05) is 25.0 Å². The van der Waals surface area contributed by atoms with Gasteiger partial charge in [0.25, 0.3) is 5.69 Å². The van der Waals surface area contributed by atoms with Gasteiger partial charge in [0, 0.05) is 25.7 Å². The van der Waals surface area contributed by atoms with E-state index in [9.17, 15) is 10.1 Å². The average Bonchev–Trinajstić information content (AvgIpc) is 2.47. The number of piperidine rings is 1. The molecule has 7 nitrogen and oxygen atoms in total. The summed E-state index contributed by atoms with van der Waals surface area (Å²) in [6.45, 7) is 1.75. The summed E-state index contributed by atoms with van der Waals surface area (Å²) in [5.74, 6) is 0.491. The Morgan fingerprint density at radius 3 is 3.05 bits per heavy atom. The highest BCUT2D eigenvalue weighted by molar-refractivity contribution is 5.56. The van der Waals surface area contributed by atoms with Crippen LogP contribution in [0.1, 0.15) is 24.8 Å². The van der Waals surface area contributed by atoms with Crippen LogP contribution in [0, 0.1) is 21.4 Å². The topological polar surface area (TPSA) is 95.1 Å². The standard InChI is InChI=1S/C13H17N5O2/c1-17(9-11-4-2-3-5-15-11)13-10(7-14)6-12(8-16-13)18(19)20/h6,8,11,15H,2-5,9H2,1H3. The van der Waals surface area contributed by atoms with Crippen LogP contribution < -0.4 is 10.2 Å². The first-order valence-corrected chi connectivity index (χ1v) is 6.61. The molecule has 1 saturated heterocycles. The van der Waals surface area contributed by atoms with Crippen molar-refractivity contribution in [2.45, 2.75) is 25.3 Å². The van der Waals surface area contributed by atoms with E-state index in [0.717, 1.165) is 19.5 Å². The molecule has 0 amide bonds. The van der Waals surface area contributed by atoms with E-state index >= 15 is 0 Å². The van der Waals surface area contributed by atoms with E-state index in [1.165, 1.54) is 25.1 Å². The highest BCUT2D eigenvalue weighted by Crippen LogP contribution is 2.21. The van der Waals surface area contributed by atoms with Gasteiger partial charge in [0.15, 0.2) is 0 Å². The van der Waals surface area contributed by atoms with Gasteiger partial charge in [-0.2, -0.15) is 5.26 Å². The fraction of sp³-hybridized carbons (Fsp3) is 0.538. The second-order valence-electron chi connectivity index (χ2n) is 4.96. The van der Waals surface area contributed by atoms with Crippen LogP contribution in [-0.4, -0.2) is 36.1 Å². The minimum atomic E-state index is -0.541. The van der Waals surface area contributed by atoms with Crippen LogP contribution in [0.25, 0.3) is 0 Å². The van der Waals surface area contributed by atoms with Crippen molar-refractivity contribution >= 4 is 11.5 Å². The molecule has 1 aromatic rings. The fourth-order valence-electron chi connectivity index (χ4n) is 2.43. The van der Waals surface area contributed by atoms with Crippen LogP contribution in [0.3, 0.4) is 0 Å². The molecule has 1 atom stereocenters. The Bertz CT molecular complexity index is 534.